The molecule has 0 amide bonds. The molecule has 78 valence electrons. The number of benzene rings is 1. The van der Waals surface area contributed by atoms with Crippen LogP contribution in [-0.2, 0) is 6.54 Å². The van der Waals surface area contributed by atoms with Gasteiger partial charge in [-0.2, -0.15) is 0 Å². The second-order valence-electron chi connectivity index (χ2n) is 2.93. The van der Waals surface area contributed by atoms with Crippen molar-refractivity contribution >= 4 is 12.4 Å². The molecule has 0 aliphatic rings. The molecule has 15 heavy (non-hydrogen) atoms. The lowest BCUT2D eigenvalue weighted by atomic mass is 10.1. The lowest BCUT2D eigenvalue weighted by Crippen LogP contribution is -2.00. The summed E-state index contributed by atoms with van der Waals surface area (Å²) in [5.41, 5.74) is 7.71. The lowest BCUT2D eigenvalue weighted by molar-refractivity contribution is 1.06. The molecule has 2 N–H and O–H groups in total. The van der Waals surface area contributed by atoms with Crippen LogP contribution < -0.4 is 5.73 Å². The van der Waals surface area contributed by atoms with E-state index in [-0.39, 0.29) is 12.4 Å². The average molecular weight is 222 g/mol. The van der Waals surface area contributed by atoms with Gasteiger partial charge in [0.1, 0.15) is 0 Å². The Bertz CT molecular complexity index is 417. The number of hydrogen-bond acceptors (Lipinski definition) is 3. The summed E-state index contributed by atoms with van der Waals surface area (Å²) in [6.07, 6.45) is 3.46. The van der Waals surface area contributed by atoms with E-state index in [0.717, 1.165) is 17.0 Å². The number of hydrogen-bond donors (Lipinski definition) is 1. The quantitative estimate of drug-likeness (QED) is 0.844. The molecule has 0 atom stereocenters. The smallest absolute Gasteiger partial charge is 0.159 e. The minimum absolute atomic E-state index is 0. The van der Waals surface area contributed by atoms with E-state index in [1.54, 1.807) is 18.5 Å². The molecule has 3 nitrogen and oxygen atoms in total. The maximum atomic E-state index is 5.63. The summed E-state index contributed by atoms with van der Waals surface area (Å²) in [4.78, 5) is 8.38. The van der Waals surface area contributed by atoms with Gasteiger partial charge in [-0.25, -0.2) is 9.97 Å². The number of nitrogens with two attached hydrogens (primary N) is 1. The molecule has 1 heterocycles. The van der Waals surface area contributed by atoms with Crippen LogP contribution in [0.5, 0.6) is 0 Å². The van der Waals surface area contributed by atoms with Gasteiger partial charge in [0, 0.05) is 24.5 Å². The first kappa shape index (κ1) is 11.6. The zero-order chi connectivity index (χ0) is 9.80. The van der Waals surface area contributed by atoms with Crippen LogP contribution in [-0.4, -0.2) is 9.97 Å². The van der Waals surface area contributed by atoms with Gasteiger partial charge in [-0.05, 0) is 11.6 Å². The molecule has 0 radical (unpaired) electrons. The van der Waals surface area contributed by atoms with Crippen LogP contribution in [0.1, 0.15) is 5.56 Å². The van der Waals surface area contributed by atoms with Gasteiger partial charge < -0.3 is 5.73 Å². The Kier molecular flexibility index (Phi) is 4.21. The SMILES string of the molecule is Cl.NCc1ccccc1-c1ncccn1. The van der Waals surface area contributed by atoms with Gasteiger partial charge >= 0.3 is 0 Å². The Hall–Kier alpha value is -1.45. The van der Waals surface area contributed by atoms with Crippen LogP contribution in [0.4, 0.5) is 0 Å². The van der Waals surface area contributed by atoms with E-state index >= 15 is 0 Å². The van der Waals surface area contributed by atoms with Crippen molar-refractivity contribution in [2.75, 3.05) is 0 Å². The number of nitrogens with zero attached hydrogens (tertiary/aromatic N) is 2. The minimum Gasteiger partial charge on any atom is -0.326 e. The Morgan fingerprint density at radius 2 is 1.67 bits per heavy atom. The lowest BCUT2D eigenvalue weighted by Gasteiger charge is -2.04. The van der Waals surface area contributed by atoms with Crippen molar-refractivity contribution in [3.05, 3.63) is 48.3 Å². The molecule has 0 unspecified atom stereocenters. The maximum Gasteiger partial charge on any atom is 0.159 e. The molecule has 1 aromatic heterocycles. The Balaban J connectivity index is 0.00000112. The second-order valence-corrected chi connectivity index (χ2v) is 2.93. The Morgan fingerprint density at radius 3 is 2.33 bits per heavy atom. The summed E-state index contributed by atoms with van der Waals surface area (Å²) >= 11 is 0. The van der Waals surface area contributed by atoms with Crippen molar-refractivity contribution in [1.82, 2.24) is 9.97 Å². The third-order valence-corrected chi connectivity index (χ3v) is 2.04. The van der Waals surface area contributed by atoms with E-state index in [1.807, 2.05) is 24.3 Å². The molecular formula is C11H12ClN3. The van der Waals surface area contributed by atoms with Crippen LogP contribution in [0.25, 0.3) is 11.4 Å². The van der Waals surface area contributed by atoms with Crippen LogP contribution in [0, 0.1) is 0 Å². The van der Waals surface area contributed by atoms with Crippen LogP contribution in [0.15, 0.2) is 42.7 Å². The summed E-state index contributed by atoms with van der Waals surface area (Å²) in [5.74, 6) is 0.730. The third-order valence-electron chi connectivity index (χ3n) is 2.04. The molecule has 0 aliphatic carbocycles. The number of aromatic nitrogens is 2. The summed E-state index contributed by atoms with van der Waals surface area (Å²) in [5, 5.41) is 0. The van der Waals surface area contributed by atoms with E-state index in [9.17, 15) is 0 Å². The molecule has 0 aliphatic heterocycles. The first-order valence-corrected chi connectivity index (χ1v) is 4.47. The fourth-order valence-corrected chi connectivity index (χ4v) is 1.35. The first-order valence-electron chi connectivity index (χ1n) is 4.47. The van der Waals surface area contributed by atoms with E-state index in [2.05, 4.69) is 9.97 Å². The molecule has 0 bridgehead atoms. The first-order chi connectivity index (χ1) is 6.92. The zero-order valence-corrected chi connectivity index (χ0v) is 8.95. The molecule has 1 aromatic carbocycles. The predicted octanol–water partition coefficient (Wildman–Crippen LogP) is 2.02. The molecule has 0 fully saturated rings. The van der Waals surface area contributed by atoms with E-state index in [4.69, 9.17) is 5.73 Å². The van der Waals surface area contributed by atoms with Crippen molar-refractivity contribution in [2.24, 2.45) is 5.73 Å². The largest absolute Gasteiger partial charge is 0.326 e. The summed E-state index contributed by atoms with van der Waals surface area (Å²) < 4.78 is 0. The molecule has 2 aromatic rings. The highest BCUT2D eigenvalue weighted by atomic mass is 35.5. The standard InChI is InChI=1S/C11H11N3.ClH/c12-8-9-4-1-2-5-10(9)11-13-6-3-7-14-11;/h1-7H,8,12H2;1H. The zero-order valence-electron chi connectivity index (χ0n) is 8.13. The third kappa shape index (κ3) is 2.52. The molecule has 0 saturated heterocycles. The maximum absolute atomic E-state index is 5.63. The van der Waals surface area contributed by atoms with E-state index in [1.165, 1.54) is 0 Å². The van der Waals surface area contributed by atoms with Gasteiger partial charge in [-0.1, -0.05) is 24.3 Å². The average Bonchev–Trinajstić information content (AvgIpc) is 2.30. The van der Waals surface area contributed by atoms with E-state index < -0.39 is 0 Å². The molecule has 0 saturated carbocycles. The highest BCUT2D eigenvalue weighted by Gasteiger charge is 2.03. The monoisotopic (exact) mass is 221 g/mol. The van der Waals surface area contributed by atoms with Crippen molar-refractivity contribution in [1.29, 1.82) is 0 Å². The van der Waals surface area contributed by atoms with Gasteiger partial charge in [0.15, 0.2) is 5.82 Å². The van der Waals surface area contributed by atoms with Gasteiger partial charge in [-0.15, -0.1) is 12.4 Å². The molecule has 4 heteroatoms. The number of rotatable bonds is 2. The Labute approximate surface area is 94.8 Å². The highest BCUT2D eigenvalue weighted by Crippen LogP contribution is 2.18. The van der Waals surface area contributed by atoms with E-state index in [0.29, 0.717) is 6.54 Å². The van der Waals surface area contributed by atoms with Gasteiger partial charge in [0.2, 0.25) is 0 Å². The topological polar surface area (TPSA) is 51.8 Å². The van der Waals surface area contributed by atoms with Crippen molar-refractivity contribution in [3.63, 3.8) is 0 Å². The van der Waals surface area contributed by atoms with Crippen molar-refractivity contribution in [3.8, 4) is 11.4 Å². The fraction of sp³-hybridized carbons (Fsp3) is 0.0909. The summed E-state index contributed by atoms with van der Waals surface area (Å²) in [7, 11) is 0. The minimum atomic E-state index is 0. The summed E-state index contributed by atoms with van der Waals surface area (Å²) in [6, 6.07) is 9.71. The number of halogens is 1. The van der Waals surface area contributed by atoms with Gasteiger partial charge in [0.25, 0.3) is 0 Å². The Morgan fingerprint density at radius 1 is 1.00 bits per heavy atom. The van der Waals surface area contributed by atoms with Crippen molar-refractivity contribution in [2.45, 2.75) is 6.54 Å². The van der Waals surface area contributed by atoms with Crippen molar-refractivity contribution < 1.29 is 0 Å². The van der Waals surface area contributed by atoms with Crippen LogP contribution in [0.3, 0.4) is 0 Å². The fourth-order valence-electron chi connectivity index (χ4n) is 1.35. The highest BCUT2D eigenvalue weighted by molar-refractivity contribution is 5.85. The summed E-state index contributed by atoms with van der Waals surface area (Å²) in [6.45, 7) is 0.508. The second kappa shape index (κ2) is 5.44. The van der Waals surface area contributed by atoms with Gasteiger partial charge in [-0.3, -0.25) is 0 Å². The normalized spacial score (nSPS) is 9.40. The van der Waals surface area contributed by atoms with Gasteiger partial charge in [0.05, 0.1) is 0 Å². The van der Waals surface area contributed by atoms with Crippen LogP contribution in [0.2, 0.25) is 0 Å². The molecular weight excluding hydrogens is 210 g/mol. The molecule has 2 rings (SSSR count). The predicted molar refractivity (Wildman–Crippen MR) is 62.6 cm³/mol. The molecule has 0 spiro atoms. The van der Waals surface area contributed by atoms with Crippen LogP contribution >= 0.6 is 12.4 Å².